The fourth-order valence-corrected chi connectivity index (χ4v) is 2.80. The molecule has 0 fully saturated rings. The second-order valence-corrected chi connectivity index (χ2v) is 6.96. The van der Waals surface area contributed by atoms with Crippen molar-refractivity contribution < 1.29 is 27.8 Å². The van der Waals surface area contributed by atoms with Gasteiger partial charge in [-0.2, -0.15) is 0 Å². The largest absolute Gasteiger partial charge is 0.573 e. The minimum Gasteiger partial charge on any atom is -0.406 e. The number of aromatic nitrogens is 2. The summed E-state index contributed by atoms with van der Waals surface area (Å²) < 4.78 is 41.1. The van der Waals surface area contributed by atoms with Crippen molar-refractivity contribution in [2.75, 3.05) is 6.61 Å². The summed E-state index contributed by atoms with van der Waals surface area (Å²) in [6.07, 6.45) is -4.79. The number of amides is 1. The Balaban J connectivity index is 2.03. The Morgan fingerprint density at radius 2 is 1.81 bits per heavy atom. The molecule has 0 aliphatic rings. The summed E-state index contributed by atoms with van der Waals surface area (Å²) in [5, 5.41) is 11.8. The average molecular weight is 431 g/mol. The molecule has 0 radical (unpaired) electrons. The van der Waals surface area contributed by atoms with Crippen LogP contribution in [0.5, 0.6) is 5.75 Å². The molecule has 2 N–H and O–H groups in total. The lowest BCUT2D eigenvalue weighted by molar-refractivity contribution is -0.274. The molecule has 0 saturated heterocycles. The van der Waals surface area contributed by atoms with E-state index in [-0.39, 0.29) is 18.1 Å². The molecule has 1 aromatic heterocycles. The van der Waals surface area contributed by atoms with Gasteiger partial charge in [0.25, 0.3) is 5.91 Å². The molecule has 1 heterocycles. The first-order valence-corrected chi connectivity index (χ1v) is 9.38. The van der Waals surface area contributed by atoms with Crippen LogP contribution >= 0.6 is 0 Å². The molecular formula is C22H20F3N3O3. The maximum atomic E-state index is 12.6. The van der Waals surface area contributed by atoms with Crippen molar-refractivity contribution in [2.45, 2.75) is 26.3 Å². The van der Waals surface area contributed by atoms with E-state index in [9.17, 15) is 23.1 Å². The third-order valence-electron chi connectivity index (χ3n) is 4.27. The lowest BCUT2D eigenvalue weighted by Crippen LogP contribution is -2.35. The predicted octanol–water partition coefficient (Wildman–Crippen LogP) is 4.13. The van der Waals surface area contributed by atoms with E-state index in [1.54, 1.807) is 13.0 Å². The van der Waals surface area contributed by atoms with Crippen LogP contribution in [0.2, 0.25) is 0 Å². The molecule has 3 rings (SSSR count). The molecule has 6 nitrogen and oxygen atoms in total. The Morgan fingerprint density at radius 1 is 1.10 bits per heavy atom. The first kappa shape index (κ1) is 22.2. The van der Waals surface area contributed by atoms with Crippen LogP contribution < -0.4 is 10.1 Å². The van der Waals surface area contributed by atoms with Crippen LogP contribution in [-0.4, -0.2) is 40.0 Å². The van der Waals surface area contributed by atoms with Gasteiger partial charge in [-0.1, -0.05) is 23.8 Å². The first-order valence-electron chi connectivity index (χ1n) is 9.38. The highest BCUT2D eigenvalue weighted by atomic mass is 19.4. The highest BCUT2D eigenvalue weighted by Crippen LogP contribution is 2.27. The number of aliphatic hydroxyl groups is 1. The van der Waals surface area contributed by atoms with E-state index in [1.165, 1.54) is 30.3 Å². The smallest absolute Gasteiger partial charge is 0.406 e. The van der Waals surface area contributed by atoms with Crippen molar-refractivity contribution in [3.05, 3.63) is 65.9 Å². The van der Waals surface area contributed by atoms with E-state index < -0.39 is 18.3 Å². The molecule has 1 unspecified atom stereocenters. The molecule has 2 aromatic carbocycles. The number of carbonyl (C=O) groups excluding carboxylic acids is 1. The lowest BCUT2D eigenvalue weighted by atomic mass is 10.1. The second-order valence-electron chi connectivity index (χ2n) is 6.96. The van der Waals surface area contributed by atoms with E-state index in [2.05, 4.69) is 20.0 Å². The molecule has 9 heteroatoms. The topological polar surface area (TPSA) is 84.3 Å². The van der Waals surface area contributed by atoms with Crippen LogP contribution in [0.4, 0.5) is 13.2 Å². The Kier molecular flexibility index (Phi) is 6.55. The van der Waals surface area contributed by atoms with E-state index in [0.29, 0.717) is 22.6 Å². The number of benzene rings is 2. The van der Waals surface area contributed by atoms with Crippen molar-refractivity contribution >= 4 is 5.91 Å². The summed E-state index contributed by atoms with van der Waals surface area (Å²) in [5.74, 6) is -0.575. The van der Waals surface area contributed by atoms with Crippen molar-refractivity contribution in [1.29, 1.82) is 0 Å². The molecule has 162 valence electrons. The first-order chi connectivity index (χ1) is 14.6. The number of hydrogen-bond acceptors (Lipinski definition) is 5. The molecule has 0 aliphatic heterocycles. The number of carbonyl (C=O) groups is 1. The Hall–Kier alpha value is -3.46. The van der Waals surface area contributed by atoms with Crippen molar-refractivity contribution in [2.24, 2.45) is 0 Å². The highest BCUT2D eigenvalue weighted by Gasteiger charge is 2.31. The maximum absolute atomic E-state index is 12.6. The maximum Gasteiger partial charge on any atom is 0.573 e. The van der Waals surface area contributed by atoms with Crippen LogP contribution in [0.3, 0.4) is 0 Å². The van der Waals surface area contributed by atoms with Gasteiger partial charge in [-0.15, -0.1) is 13.2 Å². The van der Waals surface area contributed by atoms with Gasteiger partial charge >= 0.3 is 6.36 Å². The van der Waals surface area contributed by atoms with E-state index in [1.807, 2.05) is 25.1 Å². The van der Waals surface area contributed by atoms with E-state index >= 15 is 0 Å². The summed E-state index contributed by atoms with van der Waals surface area (Å²) in [6.45, 7) is 3.30. The molecule has 0 saturated carbocycles. The van der Waals surface area contributed by atoms with Gasteiger partial charge in [0, 0.05) is 17.2 Å². The second kappa shape index (κ2) is 9.13. The van der Waals surface area contributed by atoms with Crippen molar-refractivity contribution in [3.63, 3.8) is 0 Å². The minimum absolute atomic E-state index is 0.0671. The van der Waals surface area contributed by atoms with Crippen molar-refractivity contribution in [3.8, 4) is 28.4 Å². The number of halogens is 3. The average Bonchev–Trinajstić information content (AvgIpc) is 2.72. The zero-order chi connectivity index (χ0) is 22.6. The number of ether oxygens (including phenoxy) is 1. The summed E-state index contributed by atoms with van der Waals surface area (Å²) in [5.41, 5.74) is 2.56. The minimum atomic E-state index is -4.79. The SMILES string of the molecule is Cc1cccc(-c2nc(C(=O)NC(C)CO)cc(-c3ccc(OC(F)(F)F)cc3)n2)c1. The van der Waals surface area contributed by atoms with Crippen LogP contribution in [-0.2, 0) is 0 Å². The summed E-state index contributed by atoms with van der Waals surface area (Å²) in [7, 11) is 0. The summed E-state index contributed by atoms with van der Waals surface area (Å²) in [4.78, 5) is 21.4. The number of aliphatic hydroxyl groups excluding tert-OH is 1. The molecule has 0 bridgehead atoms. The van der Waals surface area contributed by atoms with Gasteiger partial charge in [0.2, 0.25) is 0 Å². The Labute approximate surface area is 176 Å². The number of nitrogens with zero attached hydrogens (tertiary/aromatic N) is 2. The molecule has 0 spiro atoms. The van der Waals surface area contributed by atoms with E-state index in [4.69, 9.17) is 0 Å². The van der Waals surface area contributed by atoms with E-state index in [0.717, 1.165) is 5.56 Å². The zero-order valence-electron chi connectivity index (χ0n) is 16.8. The quantitative estimate of drug-likeness (QED) is 0.613. The van der Waals surface area contributed by atoms with Crippen LogP contribution in [0.1, 0.15) is 23.0 Å². The Morgan fingerprint density at radius 3 is 2.42 bits per heavy atom. The van der Waals surface area contributed by atoms with Gasteiger partial charge < -0.3 is 15.2 Å². The number of hydrogen-bond donors (Lipinski definition) is 2. The molecule has 1 atom stereocenters. The molecular weight excluding hydrogens is 411 g/mol. The number of rotatable bonds is 6. The van der Waals surface area contributed by atoms with Gasteiger partial charge in [-0.05, 0) is 50.2 Å². The fraction of sp³-hybridized carbons (Fsp3) is 0.227. The van der Waals surface area contributed by atoms with Gasteiger partial charge in [0.1, 0.15) is 11.4 Å². The van der Waals surface area contributed by atoms with Gasteiger partial charge in [-0.25, -0.2) is 9.97 Å². The van der Waals surface area contributed by atoms with Crippen LogP contribution in [0.15, 0.2) is 54.6 Å². The third-order valence-corrected chi connectivity index (χ3v) is 4.27. The number of alkyl halides is 3. The fourth-order valence-electron chi connectivity index (χ4n) is 2.80. The molecule has 0 aliphatic carbocycles. The molecule has 3 aromatic rings. The van der Waals surface area contributed by atoms with Gasteiger partial charge in [0.05, 0.1) is 12.3 Å². The van der Waals surface area contributed by atoms with Crippen LogP contribution in [0.25, 0.3) is 22.6 Å². The normalized spacial score (nSPS) is 12.3. The summed E-state index contributed by atoms with van der Waals surface area (Å²) in [6, 6.07) is 13.5. The predicted molar refractivity (Wildman–Crippen MR) is 108 cm³/mol. The zero-order valence-corrected chi connectivity index (χ0v) is 16.8. The molecule has 31 heavy (non-hydrogen) atoms. The highest BCUT2D eigenvalue weighted by molar-refractivity contribution is 5.94. The van der Waals surface area contributed by atoms with Gasteiger partial charge in [-0.3, -0.25) is 4.79 Å². The van der Waals surface area contributed by atoms with Gasteiger partial charge in [0.15, 0.2) is 5.82 Å². The van der Waals surface area contributed by atoms with Crippen molar-refractivity contribution in [1.82, 2.24) is 15.3 Å². The third kappa shape index (κ3) is 6.02. The standard InChI is InChI=1S/C22H20F3N3O3/c1-13-4-3-5-16(10-13)20-27-18(11-19(28-20)21(30)26-14(2)12-29)15-6-8-17(9-7-15)31-22(23,24)25/h3-11,14,29H,12H2,1-2H3,(H,26,30). The van der Waals surface area contributed by atoms with Crippen LogP contribution in [0, 0.1) is 6.92 Å². The number of nitrogens with one attached hydrogen (secondary N) is 1. The number of aryl methyl sites for hydroxylation is 1. The summed E-state index contributed by atoms with van der Waals surface area (Å²) >= 11 is 0. The Bertz CT molecular complexity index is 1070. The monoisotopic (exact) mass is 431 g/mol. The lowest BCUT2D eigenvalue weighted by Gasteiger charge is -2.13. The molecule has 1 amide bonds.